The monoisotopic (exact) mass is 226 g/mol. The normalized spacial score (nSPS) is 22.6. The van der Waals surface area contributed by atoms with Crippen LogP contribution in [0.3, 0.4) is 0 Å². The van der Waals surface area contributed by atoms with Gasteiger partial charge in [0.05, 0.1) is 0 Å². The van der Waals surface area contributed by atoms with Crippen molar-refractivity contribution in [1.29, 1.82) is 0 Å². The second-order valence-corrected chi connectivity index (χ2v) is 5.39. The standard InChI is InChI=1S/C14H26O2/c1-12(11-14(15)16)13-9-7-5-3-2-4-6-8-10-13/h12-13H,2-11H2,1H3,(H,15,16). The lowest BCUT2D eigenvalue weighted by atomic mass is 9.82. The minimum absolute atomic E-state index is 0.352. The van der Waals surface area contributed by atoms with Crippen LogP contribution < -0.4 is 0 Å². The van der Waals surface area contributed by atoms with Crippen LogP contribution in [-0.2, 0) is 4.79 Å². The van der Waals surface area contributed by atoms with E-state index in [-0.39, 0.29) is 0 Å². The van der Waals surface area contributed by atoms with Crippen LogP contribution in [0.15, 0.2) is 0 Å². The molecule has 0 spiro atoms. The Balaban J connectivity index is 2.37. The van der Waals surface area contributed by atoms with Crippen LogP contribution in [0, 0.1) is 11.8 Å². The molecule has 0 bridgehead atoms. The first-order valence-corrected chi connectivity index (χ1v) is 6.92. The zero-order chi connectivity index (χ0) is 11.8. The molecule has 2 heteroatoms. The van der Waals surface area contributed by atoms with E-state index in [9.17, 15) is 4.79 Å². The van der Waals surface area contributed by atoms with Crippen LogP contribution in [0.25, 0.3) is 0 Å². The van der Waals surface area contributed by atoms with Gasteiger partial charge in [0, 0.05) is 6.42 Å². The lowest BCUT2D eigenvalue weighted by Crippen LogP contribution is -2.16. The Kier molecular flexibility index (Phi) is 6.51. The van der Waals surface area contributed by atoms with E-state index in [4.69, 9.17) is 5.11 Å². The van der Waals surface area contributed by atoms with Crippen molar-refractivity contribution in [1.82, 2.24) is 0 Å². The minimum Gasteiger partial charge on any atom is -0.481 e. The molecule has 0 aromatic rings. The molecule has 1 rings (SSSR count). The van der Waals surface area contributed by atoms with E-state index in [0.29, 0.717) is 18.3 Å². The van der Waals surface area contributed by atoms with Crippen LogP contribution in [0.4, 0.5) is 0 Å². The van der Waals surface area contributed by atoms with E-state index >= 15 is 0 Å². The van der Waals surface area contributed by atoms with Gasteiger partial charge in [-0.1, -0.05) is 64.7 Å². The molecule has 0 saturated heterocycles. The molecule has 1 atom stereocenters. The van der Waals surface area contributed by atoms with Crippen molar-refractivity contribution in [3.05, 3.63) is 0 Å². The fourth-order valence-corrected chi connectivity index (χ4v) is 2.85. The maximum atomic E-state index is 10.7. The molecule has 0 amide bonds. The van der Waals surface area contributed by atoms with Crippen LogP contribution in [0.1, 0.15) is 71.1 Å². The van der Waals surface area contributed by atoms with Gasteiger partial charge in [0.2, 0.25) is 0 Å². The summed E-state index contributed by atoms with van der Waals surface area (Å²) in [5.41, 5.74) is 0. The zero-order valence-electron chi connectivity index (χ0n) is 10.6. The average Bonchev–Trinajstić information content (AvgIpc) is 2.24. The third kappa shape index (κ3) is 5.53. The van der Waals surface area contributed by atoms with Gasteiger partial charge in [0.25, 0.3) is 0 Å². The molecular formula is C14H26O2. The summed E-state index contributed by atoms with van der Waals surface area (Å²) < 4.78 is 0. The Hall–Kier alpha value is -0.530. The molecule has 0 aliphatic heterocycles. The molecule has 1 saturated carbocycles. The summed E-state index contributed by atoms with van der Waals surface area (Å²) in [5, 5.41) is 8.84. The molecule has 1 unspecified atom stereocenters. The smallest absolute Gasteiger partial charge is 0.303 e. The summed E-state index contributed by atoms with van der Waals surface area (Å²) in [6.07, 6.45) is 12.3. The van der Waals surface area contributed by atoms with Crippen molar-refractivity contribution in [2.75, 3.05) is 0 Å². The molecule has 1 aliphatic rings. The van der Waals surface area contributed by atoms with Gasteiger partial charge < -0.3 is 5.11 Å². The number of carbonyl (C=O) groups is 1. The van der Waals surface area contributed by atoms with Gasteiger partial charge >= 0.3 is 5.97 Å². The number of carboxylic acids is 1. The average molecular weight is 226 g/mol. The van der Waals surface area contributed by atoms with Gasteiger partial charge in [-0.3, -0.25) is 4.79 Å². The molecule has 0 heterocycles. The SMILES string of the molecule is CC(CC(=O)O)C1CCCCCCCCC1. The maximum absolute atomic E-state index is 10.7. The first kappa shape index (κ1) is 13.5. The number of carboxylic acid groups (broad SMARTS) is 1. The lowest BCUT2D eigenvalue weighted by molar-refractivity contribution is -0.138. The lowest BCUT2D eigenvalue weighted by Gasteiger charge is -2.23. The number of hydrogen-bond acceptors (Lipinski definition) is 1. The van der Waals surface area contributed by atoms with Crippen molar-refractivity contribution in [2.24, 2.45) is 11.8 Å². The van der Waals surface area contributed by atoms with Crippen LogP contribution >= 0.6 is 0 Å². The predicted octanol–water partition coefficient (Wildman–Crippen LogP) is 4.24. The minimum atomic E-state index is -0.635. The molecule has 0 aromatic carbocycles. The number of aliphatic carboxylic acids is 1. The van der Waals surface area contributed by atoms with E-state index < -0.39 is 5.97 Å². The molecule has 1 fully saturated rings. The van der Waals surface area contributed by atoms with E-state index in [1.54, 1.807) is 0 Å². The van der Waals surface area contributed by atoms with Gasteiger partial charge in [-0.25, -0.2) is 0 Å². The van der Waals surface area contributed by atoms with E-state index in [1.807, 2.05) is 0 Å². The molecule has 1 N–H and O–H groups in total. The largest absolute Gasteiger partial charge is 0.481 e. The van der Waals surface area contributed by atoms with Crippen molar-refractivity contribution < 1.29 is 9.90 Å². The summed E-state index contributed by atoms with van der Waals surface area (Å²) in [6, 6.07) is 0. The first-order valence-electron chi connectivity index (χ1n) is 6.92. The van der Waals surface area contributed by atoms with E-state index in [2.05, 4.69) is 6.92 Å². The van der Waals surface area contributed by atoms with Gasteiger partial charge in [0.1, 0.15) is 0 Å². The second kappa shape index (κ2) is 7.70. The van der Waals surface area contributed by atoms with Crippen LogP contribution in [-0.4, -0.2) is 11.1 Å². The van der Waals surface area contributed by atoms with Crippen LogP contribution in [0.2, 0.25) is 0 Å². The molecule has 1 aliphatic carbocycles. The second-order valence-electron chi connectivity index (χ2n) is 5.39. The van der Waals surface area contributed by atoms with Gasteiger partial charge in [-0.2, -0.15) is 0 Å². The molecule has 94 valence electrons. The topological polar surface area (TPSA) is 37.3 Å². The van der Waals surface area contributed by atoms with Crippen molar-refractivity contribution in [3.63, 3.8) is 0 Å². The number of hydrogen-bond donors (Lipinski definition) is 1. The highest BCUT2D eigenvalue weighted by Crippen LogP contribution is 2.28. The third-order valence-corrected chi connectivity index (χ3v) is 3.95. The van der Waals surface area contributed by atoms with Crippen molar-refractivity contribution in [2.45, 2.75) is 71.1 Å². The highest BCUT2D eigenvalue weighted by Gasteiger charge is 2.19. The summed E-state index contributed by atoms with van der Waals surface area (Å²) in [7, 11) is 0. The molecule has 2 nitrogen and oxygen atoms in total. The number of rotatable bonds is 3. The fourth-order valence-electron chi connectivity index (χ4n) is 2.85. The summed E-state index contributed by atoms with van der Waals surface area (Å²) in [6.45, 7) is 2.12. The first-order chi connectivity index (χ1) is 7.70. The molecule has 16 heavy (non-hydrogen) atoms. The Morgan fingerprint density at radius 2 is 1.50 bits per heavy atom. The Labute approximate surface area is 99.4 Å². The molecule has 0 radical (unpaired) electrons. The highest BCUT2D eigenvalue weighted by molar-refractivity contribution is 5.66. The zero-order valence-corrected chi connectivity index (χ0v) is 10.6. The maximum Gasteiger partial charge on any atom is 0.303 e. The van der Waals surface area contributed by atoms with E-state index in [1.165, 1.54) is 57.8 Å². The fraction of sp³-hybridized carbons (Fsp3) is 0.929. The quantitative estimate of drug-likeness (QED) is 0.781. The van der Waals surface area contributed by atoms with Gasteiger partial charge in [-0.15, -0.1) is 0 Å². The Bertz CT molecular complexity index is 191. The van der Waals surface area contributed by atoms with Crippen molar-refractivity contribution in [3.8, 4) is 0 Å². The van der Waals surface area contributed by atoms with Crippen LogP contribution in [0.5, 0.6) is 0 Å². The Morgan fingerprint density at radius 1 is 1.06 bits per heavy atom. The van der Waals surface area contributed by atoms with Gasteiger partial charge in [0.15, 0.2) is 0 Å². The third-order valence-electron chi connectivity index (χ3n) is 3.95. The predicted molar refractivity (Wildman–Crippen MR) is 66.5 cm³/mol. The highest BCUT2D eigenvalue weighted by atomic mass is 16.4. The van der Waals surface area contributed by atoms with E-state index in [0.717, 1.165) is 0 Å². The summed E-state index contributed by atoms with van der Waals surface area (Å²) in [4.78, 5) is 10.7. The van der Waals surface area contributed by atoms with Crippen molar-refractivity contribution >= 4 is 5.97 Å². The molecular weight excluding hydrogens is 200 g/mol. The molecule has 0 aromatic heterocycles. The summed E-state index contributed by atoms with van der Waals surface area (Å²) in [5.74, 6) is 0.371. The van der Waals surface area contributed by atoms with Gasteiger partial charge in [-0.05, 0) is 11.8 Å². The summed E-state index contributed by atoms with van der Waals surface area (Å²) >= 11 is 0. The Morgan fingerprint density at radius 3 is 1.94 bits per heavy atom.